The number of carbonyl (C=O) groups excluding carboxylic acids is 2. The number of benzene rings is 2. The second-order valence-corrected chi connectivity index (χ2v) is 8.47. The number of hydrogen-bond donors (Lipinski definition) is 0. The van der Waals surface area contributed by atoms with Gasteiger partial charge in [0.1, 0.15) is 0 Å². The number of sulfonamides is 1. The van der Waals surface area contributed by atoms with Crippen LogP contribution in [0.25, 0.3) is 0 Å². The van der Waals surface area contributed by atoms with E-state index in [1.54, 1.807) is 0 Å². The van der Waals surface area contributed by atoms with E-state index in [9.17, 15) is 18.0 Å². The van der Waals surface area contributed by atoms with Crippen LogP contribution in [0.3, 0.4) is 0 Å². The predicted molar refractivity (Wildman–Crippen MR) is 105 cm³/mol. The lowest BCUT2D eigenvalue weighted by Crippen LogP contribution is -2.24. The maximum atomic E-state index is 12.2. The largest absolute Gasteiger partial charge is 0.457 e. The van der Waals surface area contributed by atoms with Crippen LogP contribution in [-0.4, -0.2) is 40.1 Å². The van der Waals surface area contributed by atoms with Gasteiger partial charge in [0.15, 0.2) is 12.4 Å². The molecule has 0 bridgehead atoms. The number of hydrogen-bond acceptors (Lipinski definition) is 5. The Morgan fingerprint density at radius 3 is 2.19 bits per heavy atom. The molecule has 0 spiro atoms. The first kappa shape index (κ1) is 20.6. The first-order valence-corrected chi connectivity index (χ1v) is 10.2. The van der Waals surface area contributed by atoms with Crippen LogP contribution in [0.2, 0.25) is 0 Å². The van der Waals surface area contributed by atoms with Crippen LogP contribution in [0, 0.1) is 13.8 Å². The molecule has 0 aliphatic carbocycles. The lowest BCUT2D eigenvalue weighted by atomic mass is 10.0. The molecule has 0 N–H and O–H groups in total. The van der Waals surface area contributed by atoms with E-state index in [0.717, 1.165) is 27.3 Å². The topological polar surface area (TPSA) is 80.8 Å². The van der Waals surface area contributed by atoms with Crippen molar-refractivity contribution >= 4 is 27.5 Å². The minimum atomic E-state index is -3.37. The molecule has 0 fully saturated rings. The molecule has 0 aromatic heterocycles. The van der Waals surface area contributed by atoms with Crippen molar-refractivity contribution in [1.82, 2.24) is 0 Å². The molecule has 0 saturated carbocycles. The maximum Gasteiger partial charge on any atom is 0.310 e. The lowest BCUT2D eigenvalue weighted by molar-refractivity contribution is -0.141. The van der Waals surface area contributed by atoms with Gasteiger partial charge in [-0.1, -0.05) is 18.2 Å². The van der Waals surface area contributed by atoms with Crippen LogP contribution in [0.15, 0.2) is 42.5 Å². The standard InChI is InChI=1S/C20H23NO5S/c1-14-5-6-16(11-15(14)2)12-20(23)26-13-19(22)17-7-9-18(10-8-17)21(3)27(4,24)25/h5-11H,12-13H2,1-4H3. The van der Waals surface area contributed by atoms with E-state index in [-0.39, 0.29) is 18.8 Å². The Balaban J connectivity index is 1.93. The average Bonchev–Trinajstić information content (AvgIpc) is 2.61. The van der Waals surface area contributed by atoms with E-state index >= 15 is 0 Å². The van der Waals surface area contributed by atoms with Gasteiger partial charge in [-0.15, -0.1) is 0 Å². The van der Waals surface area contributed by atoms with Crippen LogP contribution in [-0.2, 0) is 26.0 Å². The summed E-state index contributed by atoms with van der Waals surface area (Å²) in [5.74, 6) is -0.822. The molecule has 0 saturated heterocycles. The van der Waals surface area contributed by atoms with Gasteiger partial charge in [-0.3, -0.25) is 13.9 Å². The molecule has 7 heteroatoms. The van der Waals surface area contributed by atoms with Crippen molar-refractivity contribution in [3.05, 3.63) is 64.7 Å². The number of carbonyl (C=O) groups is 2. The number of ketones is 1. The molecule has 2 aromatic carbocycles. The summed E-state index contributed by atoms with van der Waals surface area (Å²) < 4.78 is 29.2. The molecule has 0 aliphatic heterocycles. The van der Waals surface area contributed by atoms with Crippen molar-refractivity contribution in [3.8, 4) is 0 Å². The number of esters is 1. The molecule has 0 unspecified atom stereocenters. The van der Waals surface area contributed by atoms with Crippen molar-refractivity contribution in [2.24, 2.45) is 0 Å². The summed E-state index contributed by atoms with van der Waals surface area (Å²) >= 11 is 0. The minimum absolute atomic E-state index is 0.104. The third kappa shape index (κ3) is 5.65. The third-order valence-corrected chi connectivity index (χ3v) is 5.54. The second kappa shape index (κ2) is 8.35. The lowest BCUT2D eigenvalue weighted by Gasteiger charge is -2.16. The normalized spacial score (nSPS) is 11.1. The first-order valence-electron chi connectivity index (χ1n) is 8.37. The molecule has 144 valence electrons. The molecule has 0 radical (unpaired) electrons. The highest BCUT2D eigenvalue weighted by atomic mass is 32.2. The van der Waals surface area contributed by atoms with E-state index in [2.05, 4.69) is 0 Å². The summed E-state index contributed by atoms with van der Waals surface area (Å²) in [6.45, 7) is 3.61. The molecule has 0 amide bonds. The number of rotatable bonds is 7. The maximum absolute atomic E-state index is 12.2. The fourth-order valence-electron chi connectivity index (χ4n) is 2.41. The number of ether oxygens (including phenoxy) is 1. The number of aryl methyl sites for hydroxylation is 2. The zero-order valence-electron chi connectivity index (χ0n) is 15.9. The van der Waals surface area contributed by atoms with Crippen molar-refractivity contribution in [1.29, 1.82) is 0 Å². The summed E-state index contributed by atoms with van der Waals surface area (Å²) in [7, 11) is -1.94. The fraction of sp³-hybridized carbons (Fsp3) is 0.300. The third-order valence-electron chi connectivity index (χ3n) is 4.33. The van der Waals surface area contributed by atoms with Gasteiger partial charge >= 0.3 is 5.97 Å². The summed E-state index contributed by atoms with van der Waals surface area (Å²) in [6.07, 6.45) is 1.20. The van der Waals surface area contributed by atoms with E-state index in [4.69, 9.17) is 4.74 Å². The quantitative estimate of drug-likeness (QED) is 0.537. The minimum Gasteiger partial charge on any atom is -0.457 e. The highest BCUT2D eigenvalue weighted by Crippen LogP contribution is 2.17. The monoisotopic (exact) mass is 389 g/mol. The number of anilines is 1. The smallest absolute Gasteiger partial charge is 0.310 e. The Labute approximate surface area is 159 Å². The van der Waals surface area contributed by atoms with E-state index in [1.807, 2.05) is 32.0 Å². The van der Waals surface area contributed by atoms with E-state index in [1.165, 1.54) is 31.3 Å². The Morgan fingerprint density at radius 1 is 1.00 bits per heavy atom. The number of nitrogens with zero attached hydrogens (tertiary/aromatic N) is 1. The molecular weight excluding hydrogens is 366 g/mol. The summed E-state index contributed by atoms with van der Waals surface area (Å²) in [5.41, 5.74) is 3.87. The van der Waals surface area contributed by atoms with E-state index in [0.29, 0.717) is 11.3 Å². The van der Waals surface area contributed by atoms with Gasteiger partial charge < -0.3 is 4.74 Å². The van der Waals surface area contributed by atoms with Crippen LogP contribution < -0.4 is 4.31 Å². The van der Waals surface area contributed by atoms with Crippen LogP contribution in [0.1, 0.15) is 27.0 Å². The first-order chi connectivity index (χ1) is 12.6. The number of Topliss-reactive ketones (excluding diaryl/α,β-unsaturated/α-hetero) is 1. The Kier molecular flexibility index (Phi) is 6.38. The molecule has 0 heterocycles. The van der Waals surface area contributed by atoms with Gasteiger partial charge in [-0.2, -0.15) is 0 Å². The molecule has 27 heavy (non-hydrogen) atoms. The Morgan fingerprint density at radius 2 is 1.63 bits per heavy atom. The molecule has 0 atom stereocenters. The summed E-state index contributed by atoms with van der Waals surface area (Å²) in [5, 5.41) is 0. The van der Waals surface area contributed by atoms with Crippen molar-refractivity contribution < 1.29 is 22.7 Å². The van der Waals surface area contributed by atoms with Crippen molar-refractivity contribution in [3.63, 3.8) is 0 Å². The van der Waals surface area contributed by atoms with Crippen LogP contribution in [0.5, 0.6) is 0 Å². The summed E-state index contributed by atoms with van der Waals surface area (Å²) in [6, 6.07) is 11.8. The Bertz CT molecular complexity index is 949. The van der Waals surface area contributed by atoms with Gasteiger partial charge in [-0.25, -0.2) is 8.42 Å². The van der Waals surface area contributed by atoms with Gasteiger partial charge in [0.25, 0.3) is 0 Å². The van der Waals surface area contributed by atoms with Gasteiger partial charge in [-0.05, 0) is 54.8 Å². The second-order valence-electron chi connectivity index (χ2n) is 6.46. The highest BCUT2D eigenvalue weighted by molar-refractivity contribution is 7.92. The predicted octanol–water partition coefficient (Wildman–Crippen LogP) is 2.67. The van der Waals surface area contributed by atoms with E-state index < -0.39 is 16.0 Å². The molecule has 2 aromatic rings. The molecule has 2 rings (SSSR count). The summed E-state index contributed by atoms with van der Waals surface area (Å²) in [4.78, 5) is 24.1. The van der Waals surface area contributed by atoms with Gasteiger partial charge in [0.2, 0.25) is 10.0 Å². The zero-order valence-corrected chi connectivity index (χ0v) is 16.7. The molecule has 6 nitrogen and oxygen atoms in total. The van der Waals surface area contributed by atoms with Crippen LogP contribution >= 0.6 is 0 Å². The van der Waals surface area contributed by atoms with Crippen molar-refractivity contribution in [2.45, 2.75) is 20.3 Å². The Hall–Kier alpha value is -2.67. The highest BCUT2D eigenvalue weighted by Gasteiger charge is 2.14. The fourth-order valence-corrected chi connectivity index (χ4v) is 2.91. The van der Waals surface area contributed by atoms with Crippen LogP contribution in [0.4, 0.5) is 5.69 Å². The SMILES string of the molecule is Cc1ccc(CC(=O)OCC(=O)c2ccc(N(C)S(C)(=O)=O)cc2)cc1C. The van der Waals surface area contributed by atoms with Gasteiger partial charge in [0, 0.05) is 12.6 Å². The molecular formula is C20H23NO5S. The zero-order chi connectivity index (χ0) is 20.2. The van der Waals surface area contributed by atoms with Gasteiger partial charge in [0.05, 0.1) is 18.4 Å². The molecule has 0 aliphatic rings. The van der Waals surface area contributed by atoms with Crippen molar-refractivity contribution in [2.75, 3.05) is 24.2 Å². The average molecular weight is 389 g/mol.